The number of rotatable bonds is 18. The third-order valence-electron chi connectivity index (χ3n) is 18.1. The first-order valence-electron chi connectivity index (χ1n) is 36.0. The number of methoxy groups -OCH3 is 3. The van der Waals surface area contributed by atoms with Crippen molar-refractivity contribution >= 4 is 45.7 Å². The average Bonchev–Trinajstić information content (AvgIpc) is 1.22. The Hall–Kier alpha value is -14.8. The molecule has 0 radical (unpaired) electrons. The summed E-state index contributed by atoms with van der Waals surface area (Å²) < 4.78 is 33.4. The number of hydrogen-bond acceptors (Lipinski definition) is 24. The molecule has 0 amide bonds. The molecule has 1 atom stereocenters. The molecule has 24 nitrogen and oxygen atoms in total. The van der Waals surface area contributed by atoms with Crippen LogP contribution in [0.4, 0.5) is 0 Å². The first-order valence-corrected chi connectivity index (χ1v) is 36.0. The first kappa shape index (κ1) is 85.2. The zero-order chi connectivity index (χ0) is 84.4. The Morgan fingerprint density at radius 1 is 0.431 bits per heavy atom. The van der Waals surface area contributed by atoms with Gasteiger partial charge in [0, 0.05) is 81.8 Å². The van der Waals surface area contributed by atoms with Crippen molar-refractivity contribution in [1.29, 1.82) is 0 Å². The molecule has 0 spiro atoms. The van der Waals surface area contributed by atoms with Crippen LogP contribution in [0.2, 0.25) is 0 Å². The molecular formula is C92H88O24. The number of carbonyl (C=O) groups excluding carboxylic acids is 2. The number of aromatic hydroxyl groups is 15. The minimum atomic E-state index is -0.801. The number of fused-ring (bicyclic) bond motifs is 3. The van der Waals surface area contributed by atoms with Gasteiger partial charge in [-0.05, 0) is 188 Å². The second-order valence-corrected chi connectivity index (χ2v) is 27.3. The summed E-state index contributed by atoms with van der Waals surface area (Å²) in [4.78, 5) is 36.5. The standard InChI is InChI=1S/C21H24O5.C20H18O6.C20H20O5.C16H14O4.C15H12O4/c1-12(2)4-6-16-19(24)10-20-17(21(16)25-3)8-13(11-26-20)15-7-5-14(22)9-18(15)23;1-10(2)3-8-13-14(22)9-15-16(17(13)23)18(24)19(25)20(26-15)11-4-6-12(21)7-5-11;1-11(2)4-6-14-17(23)10-19-15(20(14)24-3)9-18(25-19)13-7-5-12(21)8-16(13)22;1-20-16-10-13(18)7-8-14(16)15(19)9-4-11-2-5-12(17)6-3-11;16-11-4-1-10(2-5-11)3-8-14(18)13-7-6-12(17)9-15(13)19/h4-5,7,9-10,13,22-24H,6,8,11H2,1-3H3;3-7,9,21-23,25H,8H2,1-2H3;4-5,7-10,21-23H,6H2,1-3H3;2-10,17-18H,1H3;1-9,16-17,19H/b;;;9-4+;8-3+. The molecule has 1 unspecified atom stereocenters. The van der Waals surface area contributed by atoms with E-state index in [2.05, 4.69) is 0 Å². The molecule has 600 valence electrons. The molecule has 3 heterocycles. The number of carbonyl (C=O) groups is 2. The van der Waals surface area contributed by atoms with E-state index in [1.807, 2.05) is 53.7 Å². The van der Waals surface area contributed by atoms with Crippen LogP contribution in [-0.2, 0) is 25.7 Å². The highest BCUT2D eigenvalue weighted by Gasteiger charge is 2.30. The van der Waals surface area contributed by atoms with Crippen LogP contribution in [-0.4, -0.2) is 116 Å². The minimum Gasteiger partial charge on any atom is -0.508 e. The number of furan rings is 1. The minimum absolute atomic E-state index is 0.0230. The second-order valence-electron chi connectivity index (χ2n) is 27.3. The number of hydrogen-bond donors (Lipinski definition) is 15. The van der Waals surface area contributed by atoms with Crippen molar-refractivity contribution in [2.45, 2.75) is 73.1 Å². The summed E-state index contributed by atoms with van der Waals surface area (Å²) in [6, 6.07) is 41.8. The van der Waals surface area contributed by atoms with Crippen LogP contribution in [0.1, 0.15) is 107 Å². The Morgan fingerprint density at radius 2 is 0.888 bits per heavy atom. The van der Waals surface area contributed by atoms with Crippen molar-refractivity contribution in [2.75, 3.05) is 27.9 Å². The maximum absolute atomic E-state index is 12.6. The van der Waals surface area contributed by atoms with E-state index in [0.29, 0.717) is 87.9 Å². The lowest BCUT2D eigenvalue weighted by Gasteiger charge is -2.28. The van der Waals surface area contributed by atoms with Crippen molar-refractivity contribution in [2.24, 2.45) is 0 Å². The van der Waals surface area contributed by atoms with E-state index in [1.54, 1.807) is 105 Å². The maximum atomic E-state index is 12.6. The predicted molar refractivity (Wildman–Crippen MR) is 441 cm³/mol. The Morgan fingerprint density at radius 3 is 1.41 bits per heavy atom. The quantitative estimate of drug-likeness (QED) is 0.0215. The molecule has 13 rings (SSSR count). The third-order valence-corrected chi connectivity index (χ3v) is 18.1. The van der Waals surface area contributed by atoms with Gasteiger partial charge in [-0.15, -0.1) is 0 Å². The number of allylic oxidation sites excluding steroid dienone is 8. The van der Waals surface area contributed by atoms with Gasteiger partial charge in [0.2, 0.25) is 11.2 Å². The fourth-order valence-electron chi connectivity index (χ4n) is 12.1. The van der Waals surface area contributed by atoms with Gasteiger partial charge >= 0.3 is 0 Å². The Kier molecular flexibility index (Phi) is 28.2. The van der Waals surface area contributed by atoms with E-state index in [1.165, 1.54) is 110 Å². The highest BCUT2D eigenvalue weighted by molar-refractivity contribution is 6.09. The smallest absolute Gasteiger partial charge is 0.238 e. The molecule has 116 heavy (non-hydrogen) atoms. The second kappa shape index (κ2) is 38.4. The van der Waals surface area contributed by atoms with Crippen LogP contribution in [0.15, 0.2) is 231 Å². The summed E-state index contributed by atoms with van der Waals surface area (Å²) in [5, 5.41) is 147. The van der Waals surface area contributed by atoms with Crippen molar-refractivity contribution < 1.29 is 114 Å². The monoisotopic (exact) mass is 1580 g/mol. The summed E-state index contributed by atoms with van der Waals surface area (Å²) in [5.74, 6) is 0.684. The van der Waals surface area contributed by atoms with Crippen LogP contribution in [0.25, 0.3) is 56.7 Å². The summed E-state index contributed by atoms with van der Waals surface area (Å²) in [6.07, 6.45) is 13.8. The third kappa shape index (κ3) is 21.4. The van der Waals surface area contributed by atoms with E-state index < -0.39 is 16.9 Å². The molecule has 1 aliphatic heterocycles. The van der Waals surface area contributed by atoms with Gasteiger partial charge < -0.3 is 104 Å². The van der Waals surface area contributed by atoms with Crippen molar-refractivity contribution in [1.82, 2.24) is 0 Å². The largest absolute Gasteiger partial charge is 0.508 e. The van der Waals surface area contributed by atoms with Gasteiger partial charge in [0.15, 0.2) is 17.3 Å². The molecule has 10 aromatic carbocycles. The highest BCUT2D eigenvalue weighted by atomic mass is 16.5. The number of ether oxygens (including phenoxy) is 4. The van der Waals surface area contributed by atoms with Crippen LogP contribution < -0.4 is 24.4 Å². The fourth-order valence-corrected chi connectivity index (χ4v) is 12.1. The maximum Gasteiger partial charge on any atom is 0.238 e. The number of ketones is 2. The molecule has 1 aliphatic rings. The summed E-state index contributed by atoms with van der Waals surface area (Å²) >= 11 is 0. The van der Waals surface area contributed by atoms with Gasteiger partial charge in [-0.1, -0.05) is 77.4 Å². The van der Waals surface area contributed by atoms with Crippen LogP contribution in [0, 0.1) is 0 Å². The predicted octanol–water partition coefficient (Wildman–Crippen LogP) is 18.3. The first-order chi connectivity index (χ1) is 55.2. The molecular weight excluding hydrogens is 1490 g/mol. The SMILES string of the molecule is CC(C)=CCc1c(O)cc2oc(-c3ccc(O)cc3)c(O)c(=O)c2c1O.COc1c(CC=C(C)C)c(O)cc2c1CC(c1ccc(O)cc1O)CO2.COc1c(CC=C(C)C)c(O)cc2oc(-c3ccc(O)cc3O)cc12.COc1cc(O)ccc1C(=O)/C=C/c1ccc(O)cc1.O=C(/C=C/c1ccc(O)cc1)c1ccc(O)cc1O. The van der Waals surface area contributed by atoms with Gasteiger partial charge in [0.25, 0.3) is 0 Å². The van der Waals surface area contributed by atoms with E-state index >= 15 is 0 Å². The van der Waals surface area contributed by atoms with Crippen molar-refractivity contribution in [3.05, 3.63) is 277 Å². The van der Waals surface area contributed by atoms with Gasteiger partial charge in [-0.3, -0.25) is 14.4 Å². The number of benzene rings is 10. The molecule has 0 bridgehead atoms. The van der Waals surface area contributed by atoms with Crippen LogP contribution in [0.5, 0.6) is 109 Å². The van der Waals surface area contributed by atoms with Gasteiger partial charge in [-0.2, -0.15) is 0 Å². The number of phenolic OH excluding ortho intramolecular Hbond substituents is 14. The van der Waals surface area contributed by atoms with E-state index in [9.17, 15) is 80.8 Å². The average molecular weight is 1580 g/mol. The van der Waals surface area contributed by atoms with Crippen molar-refractivity contribution in [3.8, 4) is 132 Å². The van der Waals surface area contributed by atoms with Gasteiger partial charge in [-0.25, -0.2) is 0 Å². The lowest BCUT2D eigenvalue weighted by molar-refractivity contribution is 0.103. The zero-order valence-electron chi connectivity index (χ0n) is 64.7. The molecule has 12 aromatic rings. The molecule has 24 heteroatoms. The lowest BCUT2D eigenvalue weighted by atomic mass is 9.87. The molecule has 0 saturated carbocycles. The van der Waals surface area contributed by atoms with E-state index in [-0.39, 0.29) is 127 Å². The highest BCUT2D eigenvalue weighted by Crippen LogP contribution is 2.48. The summed E-state index contributed by atoms with van der Waals surface area (Å²) in [7, 11) is 4.57. The summed E-state index contributed by atoms with van der Waals surface area (Å²) in [6.45, 7) is 12.1. The zero-order valence-corrected chi connectivity index (χ0v) is 64.7. The topological polar surface area (TPSA) is 418 Å². The molecule has 0 saturated heterocycles. The van der Waals surface area contributed by atoms with Crippen LogP contribution in [0.3, 0.4) is 0 Å². The van der Waals surface area contributed by atoms with Gasteiger partial charge in [0.1, 0.15) is 126 Å². The van der Waals surface area contributed by atoms with Crippen molar-refractivity contribution in [3.63, 3.8) is 0 Å². The normalized spacial score (nSPS) is 11.9. The van der Waals surface area contributed by atoms with Crippen LogP contribution >= 0.6 is 0 Å². The fraction of sp³-hybridized carbons (Fsp3) is 0.163. The molecule has 0 aliphatic carbocycles. The van der Waals surface area contributed by atoms with Gasteiger partial charge in [0.05, 0.1) is 50.0 Å². The Labute approximate surface area is 666 Å². The lowest BCUT2D eigenvalue weighted by Crippen LogP contribution is -2.20. The number of phenols is 14. The molecule has 0 fully saturated rings. The molecule has 15 N–H and O–H groups in total. The summed E-state index contributed by atoms with van der Waals surface area (Å²) in [5.41, 5.74) is 8.94. The molecule has 2 aromatic heterocycles. The van der Waals surface area contributed by atoms with E-state index in [4.69, 9.17) is 38.0 Å². The Bertz CT molecular complexity index is 5790. The Balaban J connectivity index is 0.000000167. The van der Waals surface area contributed by atoms with E-state index in [0.717, 1.165) is 50.6 Å².